The Balaban J connectivity index is 1.90. The van der Waals surface area contributed by atoms with Gasteiger partial charge in [-0.05, 0) is 25.8 Å². The first-order chi connectivity index (χ1) is 9.52. The molecule has 1 aliphatic carbocycles. The van der Waals surface area contributed by atoms with Crippen molar-refractivity contribution in [3.05, 3.63) is 18.0 Å². The van der Waals surface area contributed by atoms with Gasteiger partial charge in [-0.2, -0.15) is 4.31 Å². The lowest BCUT2D eigenvalue weighted by molar-refractivity contribution is 0.0102. The first kappa shape index (κ1) is 14.4. The highest BCUT2D eigenvalue weighted by molar-refractivity contribution is 7.89. The molecular formula is C13H19ClN2O3S. The number of alkyl halides is 1. The van der Waals surface area contributed by atoms with Crippen LogP contribution in [0.25, 0.3) is 0 Å². The summed E-state index contributed by atoms with van der Waals surface area (Å²) in [4.78, 5) is 0.356. The van der Waals surface area contributed by atoms with Gasteiger partial charge in [-0.3, -0.25) is 0 Å². The van der Waals surface area contributed by atoms with Crippen molar-refractivity contribution in [3.8, 4) is 0 Å². The van der Waals surface area contributed by atoms with Gasteiger partial charge >= 0.3 is 0 Å². The van der Waals surface area contributed by atoms with Gasteiger partial charge in [0.1, 0.15) is 4.90 Å². The average molecular weight is 319 g/mol. The van der Waals surface area contributed by atoms with E-state index in [1.807, 2.05) is 11.5 Å². The summed E-state index contributed by atoms with van der Waals surface area (Å²) in [6.45, 7) is 3.16. The molecule has 20 heavy (non-hydrogen) atoms. The Morgan fingerprint density at radius 3 is 2.80 bits per heavy atom. The summed E-state index contributed by atoms with van der Waals surface area (Å²) in [5.41, 5.74) is 0.883. The molecule has 0 amide bonds. The number of morpholine rings is 1. The molecule has 1 saturated heterocycles. The van der Waals surface area contributed by atoms with Gasteiger partial charge in [0.2, 0.25) is 10.0 Å². The zero-order valence-corrected chi connectivity index (χ0v) is 13.0. The van der Waals surface area contributed by atoms with E-state index in [0.717, 1.165) is 18.5 Å². The molecule has 0 radical (unpaired) electrons. The van der Waals surface area contributed by atoms with E-state index in [4.69, 9.17) is 16.3 Å². The largest absolute Gasteiger partial charge is 0.376 e. The molecule has 1 aliphatic heterocycles. The summed E-state index contributed by atoms with van der Waals surface area (Å²) in [7, 11) is -3.44. The predicted octanol–water partition coefficient (Wildman–Crippen LogP) is 1.97. The van der Waals surface area contributed by atoms with Crippen molar-refractivity contribution >= 4 is 21.6 Å². The molecule has 1 saturated carbocycles. The van der Waals surface area contributed by atoms with Crippen molar-refractivity contribution in [2.75, 3.05) is 19.7 Å². The maximum atomic E-state index is 12.7. The highest BCUT2D eigenvalue weighted by Crippen LogP contribution is 2.38. The quantitative estimate of drug-likeness (QED) is 0.798. The fraction of sp³-hybridized carbons (Fsp3) is 0.692. The Bertz CT molecular complexity index is 595. The van der Waals surface area contributed by atoms with Crippen LogP contribution in [0.1, 0.15) is 31.5 Å². The van der Waals surface area contributed by atoms with Crippen LogP contribution in [0.3, 0.4) is 0 Å². The lowest BCUT2D eigenvalue weighted by Crippen LogP contribution is -2.44. The second-order valence-corrected chi connectivity index (χ2v) is 7.69. The fourth-order valence-corrected chi connectivity index (χ4v) is 4.36. The number of hydrogen-bond donors (Lipinski definition) is 0. The molecule has 7 heteroatoms. The van der Waals surface area contributed by atoms with Gasteiger partial charge in [0.15, 0.2) is 0 Å². The Morgan fingerprint density at radius 1 is 1.45 bits per heavy atom. The lowest BCUT2D eigenvalue weighted by atomic mass is 10.3. The van der Waals surface area contributed by atoms with E-state index in [9.17, 15) is 8.42 Å². The molecule has 1 atom stereocenters. The minimum atomic E-state index is -3.44. The van der Waals surface area contributed by atoms with E-state index in [1.54, 1.807) is 12.3 Å². The van der Waals surface area contributed by atoms with Gasteiger partial charge < -0.3 is 9.30 Å². The van der Waals surface area contributed by atoms with Gasteiger partial charge in [-0.25, -0.2) is 8.42 Å². The van der Waals surface area contributed by atoms with Gasteiger partial charge in [-0.1, -0.05) is 0 Å². The highest BCUT2D eigenvalue weighted by atomic mass is 35.5. The molecule has 0 N–H and O–H groups in total. The second-order valence-electron chi connectivity index (χ2n) is 5.48. The summed E-state index contributed by atoms with van der Waals surface area (Å²) in [6, 6.07) is 2.14. The molecule has 0 aromatic carbocycles. The standard InChI is InChI=1S/C13H19ClN2O3S/c1-10-8-15(4-5-19-10)20(17,18)13-6-12(7-14)16(9-13)11-2-3-11/h6,9-11H,2-5,7-8H2,1H3. The van der Waals surface area contributed by atoms with Crippen LogP contribution in [0.15, 0.2) is 17.2 Å². The van der Waals surface area contributed by atoms with Crippen molar-refractivity contribution in [2.24, 2.45) is 0 Å². The van der Waals surface area contributed by atoms with Crippen LogP contribution in [-0.2, 0) is 20.6 Å². The molecule has 0 spiro atoms. The highest BCUT2D eigenvalue weighted by Gasteiger charge is 2.32. The third kappa shape index (κ3) is 2.62. The Kier molecular flexibility index (Phi) is 3.83. The molecule has 3 rings (SSSR count). The number of ether oxygens (including phenoxy) is 1. The van der Waals surface area contributed by atoms with Crippen molar-refractivity contribution in [1.29, 1.82) is 0 Å². The SMILES string of the molecule is CC1CN(S(=O)(=O)c2cc(CCl)n(C3CC3)c2)CCO1. The van der Waals surface area contributed by atoms with Crippen molar-refractivity contribution in [3.63, 3.8) is 0 Å². The smallest absolute Gasteiger partial charge is 0.244 e. The van der Waals surface area contributed by atoms with Crippen LogP contribution in [-0.4, -0.2) is 43.1 Å². The number of rotatable bonds is 4. The van der Waals surface area contributed by atoms with Crippen LogP contribution in [0.4, 0.5) is 0 Å². The average Bonchev–Trinajstić information content (AvgIpc) is 3.17. The predicted molar refractivity (Wildman–Crippen MR) is 76.4 cm³/mol. The molecule has 2 aliphatic rings. The number of nitrogens with zero attached hydrogens (tertiary/aromatic N) is 2. The van der Waals surface area contributed by atoms with Crippen LogP contribution >= 0.6 is 11.6 Å². The summed E-state index contributed by atoms with van der Waals surface area (Å²) in [6.07, 6.45) is 3.89. The van der Waals surface area contributed by atoms with E-state index in [-0.39, 0.29) is 6.10 Å². The summed E-state index contributed by atoms with van der Waals surface area (Å²) >= 11 is 5.93. The van der Waals surface area contributed by atoms with Crippen LogP contribution in [0.5, 0.6) is 0 Å². The second kappa shape index (κ2) is 5.33. The van der Waals surface area contributed by atoms with E-state index >= 15 is 0 Å². The van der Waals surface area contributed by atoms with Crippen LogP contribution in [0.2, 0.25) is 0 Å². The monoisotopic (exact) mass is 318 g/mol. The van der Waals surface area contributed by atoms with Crippen molar-refractivity contribution in [1.82, 2.24) is 8.87 Å². The summed E-state index contributed by atoms with van der Waals surface area (Å²) in [5.74, 6) is 0.339. The normalized spacial score (nSPS) is 25.0. The third-order valence-corrected chi connectivity index (χ3v) is 5.93. The van der Waals surface area contributed by atoms with E-state index < -0.39 is 10.0 Å². The Morgan fingerprint density at radius 2 is 2.20 bits per heavy atom. The fourth-order valence-electron chi connectivity index (χ4n) is 2.59. The molecule has 1 unspecified atom stereocenters. The Labute approximate surface area is 124 Å². The van der Waals surface area contributed by atoms with E-state index in [1.165, 1.54) is 4.31 Å². The first-order valence-corrected chi connectivity index (χ1v) is 8.88. The van der Waals surface area contributed by atoms with Crippen LogP contribution < -0.4 is 0 Å². The first-order valence-electron chi connectivity index (χ1n) is 6.91. The van der Waals surface area contributed by atoms with Crippen molar-refractivity contribution in [2.45, 2.75) is 42.7 Å². The molecule has 1 aromatic heterocycles. The maximum absolute atomic E-state index is 12.7. The summed E-state index contributed by atoms with van der Waals surface area (Å²) in [5, 5.41) is 0. The minimum Gasteiger partial charge on any atom is -0.376 e. The third-order valence-electron chi connectivity index (χ3n) is 3.83. The lowest BCUT2D eigenvalue weighted by Gasteiger charge is -2.29. The van der Waals surface area contributed by atoms with E-state index in [0.29, 0.717) is 36.5 Å². The number of sulfonamides is 1. The molecule has 112 valence electrons. The number of aromatic nitrogens is 1. The van der Waals surface area contributed by atoms with E-state index in [2.05, 4.69) is 0 Å². The molecule has 1 aromatic rings. The zero-order chi connectivity index (χ0) is 14.3. The van der Waals surface area contributed by atoms with Gasteiger partial charge in [-0.15, -0.1) is 11.6 Å². The van der Waals surface area contributed by atoms with Gasteiger partial charge in [0.25, 0.3) is 0 Å². The molecule has 5 nitrogen and oxygen atoms in total. The van der Waals surface area contributed by atoms with Gasteiger partial charge in [0, 0.05) is 31.0 Å². The number of halogens is 1. The number of hydrogen-bond acceptors (Lipinski definition) is 3. The zero-order valence-electron chi connectivity index (χ0n) is 11.5. The molecule has 2 heterocycles. The molecule has 0 bridgehead atoms. The van der Waals surface area contributed by atoms with Crippen LogP contribution in [0, 0.1) is 0 Å². The molecular weight excluding hydrogens is 300 g/mol. The maximum Gasteiger partial charge on any atom is 0.244 e. The Hall–Kier alpha value is -0.560. The van der Waals surface area contributed by atoms with Gasteiger partial charge in [0.05, 0.1) is 18.6 Å². The van der Waals surface area contributed by atoms with Crippen molar-refractivity contribution < 1.29 is 13.2 Å². The summed E-state index contributed by atoms with van der Waals surface area (Å²) < 4.78 is 34.3. The molecule has 2 fully saturated rings. The minimum absolute atomic E-state index is 0.0588. The topological polar surface area (TPSA) is 51.5 Å².